The van der Waals surface area contributed by atoms with Gasteiger partial charge in [-0.3, -0.25) is 4.79 Å². The van der Waals surface area contributed by atoms with Crippen LogP contribution >= 0.6 is 0 Å². The number of hydrogen-bond acceptors (Lipinski definition) is 2. The minimum Gasteiger partial charge on any atom is -0.337 e. The van der Waals surface area contributed by atoms with Crippen LogP contribution in [0.25, 0.3) is 0 Å². The van der Waals surface area contributed by atoms with Crippen LogP contribution in [0.3, 0.4) is 0 Å². The van der Waals surface area contributed by atoms with Crippen LogP contribution in [0.1, 0.15) is 19.8 Å². The molecule has 1 N–H and O–H groups in total. The first-order valence-electron chi connectivity index (χ1n) is 5.42. The fraction of sp³-hybridized carbons (Fsp3) is 0.900. The van der Waals surface area contributed by atoms with Crippen LogP contribution in [0.4, 0.5) is 8.78 Å². The van der Waals surface area contributed by atoms with Crippen LogP contribution in [-0.2, 0) is 4.79 Å². The molecule has 0 radical (unpaired) electrons. The minimum atomic E-state index is -2.44. The van der Waals surface area contributed by atoms with Crippen molar-refractivity contribution in [3.05, 3.63) is 0 Å². The molecule has 0 aromatic rings. The number of rotatable bonds is 5. The van der Waals surface area contributed by atoms with Gasteiger partial charge < -0.3 is 10.2 Å². The van der Waals surface area contributed by atoms with Gasteiger partial charge in [0.05, 0.1) is 12.5 Å². The second-order valence-corrected chi connectivity index (χ2v) is 3.87. The molecular weight excluding hydrogens is 202 g/mol. The number of nitrogens with one attached hydrogen (secondary N) is 1. The van der Waals surface area contributed by atoms with Gasteiger partial charge in [-0.25, -0.2) is 8.78 Å². The molecule has 1 amide bonds. The number of halogens is 2. The van der Waals surface area contributed by atoms with Crippen LogP contribution < -0.4 is 5.32 Å². The van der Waals surface area contributed by atoms with Crippen LogP contribution in [-0.4, -0.2) is 43.4 Å². The number of amides is 1. The van der Waals surface area contributed by atoms with Crippen molar-refractivity contribution in [2.75, 3.05) is 26.2 Å². The molecule has 1 heterocycles. The highest BCUT2D eigenvalue weighted by atomic mass is 19.3. The summed E-state index contributed by atoms with van der Waals surface area (Å²) in [7, 11) is 0. The van der Waals surface area contributed by atoms with Gasteiger partial charge in [0, 0.05) is 13.1 Å². The third-order valence-electron chi connectivity index (χ3n) is 2.57. The second-order valence-electron chi connectivity index (χ2n) is 3.87. The summed E-state index contributed by atoms with van der Waals surface area (Å²) in [6.45, 7) is 3.33. The lowest BCUT2D eigenvalue weighted by molar-refractivity contribution is -0.136. The van der Waals surface area contributed by atoms with Crippen LogP contribution in [0.2, 0.25) is 0 Å². The van der Waals surface area contributed by atoms with Crippen molar-refractivity contribution in [2.45, 2.75) is 26.2 Å². The molecule has 1 saturated heterocycles. The first-order chi connectivity index (χ1) is 7.15. The molecule has 1 atom stereocenters. The quantitative estimate of drug-likeness (QED) is 0.752. The normalized spacial score (nSPS) is 20.9. The fourth-order valence-corrected chi connectivity index (χ4v) is 1.85. The Balaban J connectivity index is 2.49. The van der Waals surface area contributed by atoms with Gasteiger partial charge in [0.1, 0.15) is 0 Å². The Bertz CT molecular complexity index is 206. The number of nitrogens with zero attached hydrogens (tertiary/aromatic N) is 1. The van der Waals surface area contributed by atoms with Gasteiger partial charge in [-0.05, 0) is 19.4 Å². The maximum Gasteiger partial charge on any atom is 0.255 e. The molecule has 0 spiro atoms. The van der Waals surface area contributed by atoms with Gasteiger partial charge in [-0.2, -0.15) is 0 Å². The molecule has 1 unspecified atom stereocenters. The van der Waals surface area contributed by atoms with Crippen molar-refractivity contribution in [2.24, 2.45) is 5.92 Å². The summed E-state index contributed by atoms with van der Waals surface area (Å²) >= 11 is 0. The molecule has 1 aliphatic heterocycles. The predicted octanol–water partition coefficient (Wildman–Crippen LogP) is 1.10. The Morgan fingerprint density at radius 2 is 2.33 bits per heavy atom. The van der Waals surface area contributed by atoms with E-state index in [1.807, 2.05) is 6.92 Å². The largest absolute Gasteiger partial charge is 0.337 e. The van der Waals surface area contributed by atoms with Crippen molar-refractivity contribution < 1.29 is 13.6 Å². The van der Waals surface area contributed by atoms with Crippen molar-refractivity contribution in [3.8, 4) is 0 Å². The second kappa shape index (κ2) is 6.00. The molecule has 0 saturated carbocycles. The summed E-state index contributed by atoms with van der Waals surface area (Å²) in [6, 6.07) is 0. The monoisotopic (exact) mass is 220 g/mol. The van der Waals surface area contributed by atoms with Crippen molar-refractivity contribution in [1.29, 1.82) is 0 Å². The number of carbonyl (C=O) groups is 1. The number of carbonyl (C=O) groups excluding carboxylic acids is 1. The Labute approximate surface area is 88.8 Å². The van der Waals surface area contributed by atoms with Crippen molar-refractivity contribution in [3.63, 3.8) is 0 Å². The average Bonchev–Trinajstić information content (AvgIpc) is 2.68. The standard InChI is InChI=1S/C10H18F2N2O/c1-2-5-14(7-9(11)12)10(15)8-3-4-13-6-8/h8-9,13H,2-7H2,1H3. The topological polar surface area (TPSA) is 32.3 Å². The average molecular weight is 220 g/mol. The first-order valence-corrected chi connectivity index (χ1v) is 5.42. The van der Waals surface area contributed by atoms with Crippen molar-refractivity contribution >= 4 is 5.91 Å². The van der Waals surface area contributed by atoms with E-state index < -0.39 is 13.0 Å². The summed E-state index contributed by atoms with van der Waals surface area (Å²) < 4.78 is 24.5. The van der Waals surface area contributed by atoms with E-state index in [9.17, 15) is 13.6 Å². The van der Waals surface area contributed by atoms with Crippen molar-refractivity contribution in [1.82, 2.24) is 10.2 Å². The third-order valence-corrected chi connectivity index (χ3v) is 2.57. The SMILES string of the molecule is CCCN(CC(F)F)C(=O)C1CCNC1. The van der Waals surface area contributed by atoms with Crippen LogP contribution in [0.5, 0.6) is 0 Å². The molecule has 3 nitrogen and oxygen atoms in total. The van der Waals surface area contributed by atoms with Crippen LogP contribution in [0.15, 0.2) is 0 Å². The lowest BCUT2D eigenvalue weighted by Gasteiger charge is -2.24. The maximum absolute atomic E-state index is 12.2. The lowest BCUT2D eigenvalue weighted by Crippen LogP contribution is -2.40. The molecular formula is C10H18F2N2O. The Hall–Kier alpha value is -0.710. The highest BCUT2D eigenvalue weighted by Gasteiger charge is 2.27. The van der Waals surface area contributed by atoms with E-state index in [1.54, 1.807) is 0 Å². The van der Waals surface area contributed by atoms with Gasteiger partial charge >= 0.3 is 0 Å². The van der Waals surface area contributed by atoms with E-state index in [0.29, 0.717) is 13.1 Å². The highest BCUT2D eigenvalue weighted by Crippen LogP contribution is 2.13. The smallest absolute Gasteiger partial charge is 0.255 e. The summed E-state index contributed by atoms with van der Waals surface area (Å²) in [6.07, 6.45) is -0.948. The van der Waals surface area contributed by atoms with Gasteiger partial charge in [-0.15, -0.1) is 0 Å². The zero-order chi connectivity index (χ0) is 11.3. The van der Waals surface area contributed by atoms with E-state index in [0.717, 1.165) is 19.4 Å². The number of hydrogen-bond donors (Lipinski definition) is 1. The molecule has 1 rings (SSSR count). The molecule has 15 heavy (non-hydrogen) atoms. The first kappa shape index (κ1) is 12.4. The highest BCUT2D eigenvalue weighted by molar-refractivity contribution is 5.79. The summed E-state index contributed by atoms with van der Waals surface area (Å²) in [5, 5.41) is 3.07. The zero-order valence-electron chi connectivity index (χ0n) is 9.01. The molecule has 0 bridgehead atoms. The molecule has 0 aliphatic carbocycles. The molecule has 0 aromatic carbocycles. The zero-order valence-corrected chi connectivity index (χ0v) is 9.01. The summed E-state index contributed by atoms with van der Waals surface area (Å²) in [4.78, 5) is 13.1. The van der Waals surface area contributed by atoms with Gasteiger partial charge in [0.15, 0.2) is 0 Å². The van der Waals surface area contributed by atoms with Gasteiger partial charge in [0.2, 0.25) is 5.91 Å². The fourth-order valence-electron chi connectivity index (χ4n) is 1.85. The Morgan fingerprint density at radius 3 is 2.80 bits per heavy atom. The molecule has 1 fully saturated rings. The van der Waals surface area contributed by atoms with Gasteiger partial charge in [0.25, 0.3) is 6.43 Å². The van der Waals surface area contributed by atoms with E-state index in [2.05, 4.69) is 5.32 Å². The van der Waals surface area contributed by atoms with E-state index in [1.165, 1.54) is 4.90 Å². The molecule has 88 valence electrons. The molecule has 0 aromatic heterocycles. The Kier molecular flexibility index (Phi) is 4.94. The van der Waals surface area contributed by atoms with E-state index in [-0.39, 0.29) is 11.8 Å². The summed E-state index contributed by atoms with van der Waals surface area (Å²) in [5.41, 5.74) is 0. The lowest BCUT2D eigenvalue weighted by atomic mass is 10.1. The predicted molar refractivity (Wildman–Crippen MR) is 53.9 cm³/mol. The molecule has 1 aliphatic rings. The number of alkyl halides is 2. The van der Waals surface area contributed by atoms with Crippen LogP contribution in [0, 0.1) is 5.92 Å². The minimum absolute atomic E-state index is 0.102. The Morgan fingerprint density at radius 1 is 1.60 bits per heavy atom. The van der Waals surface area contributed by atoms with E-state index in [4.69, 9.17) is 0 Å². The maximum atomic E-state index is 12.2. The molecule has 5 heteroatoms. The summed E-state index contributed by atoms with van der Waals surface area (Å²) in [5.74, 6) is -0.225. The van der Waals surface area contributed by atoms with E-state index >= 15 is 0 Å². The third kappa shape index (κ3) is 3.74. The van der Waals surface area contributed by atoms with Gasteiger partial charge in [-0.1, -0.05) is 6.92 Å².